The smallest absolute Gasteiger partial charge is 0.341 e. The average Bonchev–Trinajstić information content (AvgIpc) is 2.65. The van der Waals surface area contributed by atoms with Crippen molar-refractivity contribution in [3.63, 3.8) is 0 Å². The topological polar surface area (TPSA) is 52.3 Å². The standard InChI is InChI=1S/C14H13Cl2NO2S/c1-3-19-14(18)11-7(2)12(20-13(11)17)9-5-4-8(15)6-10(9)16/h4-6H,3,17H2,1-2H3. The van der Waals surface area contributed by atoms with E-state index in [0.29, 0.717) is 27.2 Å². The fourth-order valence-corrected chi connectivity index (χ4v) is 3.58. The predicted molar refractivity (Wildman–Crippen MR) is 84.9 cm³/mol. The molecule has 0 spiro atoms. The number of hydrogen-bond donors (Lipinski definition) is 1. The summed E-state index contributed by atoms with van der Waals surface area (Å²) in [6.45, 7) is 3.90. The number of halogens is 2. The molecule has 0 radical (unpaired) electrons. The lowest BCUT2D eigenvalue weighted by Gasteiger charge is -2.05. The van der Waals surface area contributed by atoms with Crippen LogP contribution in [0.5, 0.6) is 0 Å². The Morgan fingerprint density at radius 2 is 2.10 bits per heavy atom. The third-order valence-corrected chi connectivity index (χ3v) is 4.53. The van der Waals surface area contributed by atoms with Gasteiger partial charge in [-0.05, 0) is 31.5 Å². The SMILES string of the molecule is CCOC(=O)c1c(N)sc(-c2ccc(Cl)cc2Cl)c1C. The number of hydrogen-bond acceptors (Lipinski definition) is 4. The Balaban J connectivity index is 2.54. The summed E-state index contributed by atoms with van der Waals surface area (Å²) in [7, 11) is 0. The van der Waals surface area contributed by atoms with Crippen molar-refractivity contribution < 1.29 is 9.53 Å². The van der Waals surface area contributed by atoms with E-state index in [9.17, 15) is 4.79 Å². The molecule has 3 nitrogen and oxygen atoms in total. The van der Waals surface area contributed by atoms with Crippen molar-refractivity contribution in [3.8, 4) is 10.4 Å². The maximum atomic E-state index is 11.9. The molecule has 2 N–H and O–H groups in total. The minimum atomic E-state index is -0.407. The Morgan fingerprint density at radius 1 is 1.40 bits per heavy atom. The molecule has 0 aliphatic rings. The van der Waals surface area contributed by atoms with E-state index >= 15 is 0 Å². The molecule has 6 heteroatoms. The van der Waals surface area contributed by atoms with Gasteiger partial charge in [-0.1, -0.05) is 29.3 Å². The average molecular weight is 330 g/mol. The number of nitrogen functional groups attached to an aromatic ring is 1. The van der Waals surface area contributed by atoms with Crippen LogP contribution < -0.4 is 5.73 Å². The van der Waals surface area contributed by atoms with Crippen molar-refractivity contribution in [3.05, 3.63) is 39.4 Å². The summed E-state index contributed by atoms with van der Waals surface area (Å²) in [6.07, 6.45) is 0. The zero-order valence-corrected chi connectivity index (χ0v) is 13.3. The van der Waals surface area contributed by atoms with E-state index in [1.807, 2.05) is 13.0 Å². The van der Waals surface area contributed by atoms with E-state index in [0.717, 1.165) is 16.0 Å². The second kappa shape index (κ2) is 6.04. The molecule has 0 aliphatic carbocycles. The van der Waals surface area contributed by atoms with E-state index < -0.39 is 5.97 Å². The zero-order valence-electron chi connectivity index (χ0n) is 11.0. The Hall–Kier alpha value is -1.23. The third-order valence-electron chi connectivity index (χ3n) is 2.83. The highest BCUT2D eigenvalue weighted by molar-refractivity contribution is 7.20. The van der Waals surface area contributed by atoms with Crippen LogP contribution in [0.15, 0.2) is 18.2 Å². The number of nitrogens with two attached hydrogens (primary N) is 1. The normalized spacial score (nSPS) is 10.6. The van der Waals surface area contributed by atoms with Gasteiger partial charge in [-0.2, -0.15) is 0 Å². The number of benzene rings is 1. The molecule has 2 rings (SSSR count). The van der Waals surface area contributed by atoms with Crippen LogP contribution in [0.25, 0.3) is 10.4 Å². The molecule has 0 atom stereocenters. The second-order valence-corrected chi connectivity index (χ2v) is 6.04. The van der Waals surface area contributed by atoms with Gasteiger partial charge in [-0.25, -0.2) is 4.79 Å². The largest absolute Gasteiger partial charge is 0.462 e. The van der Waals surface area contributed by atoms with Crippen LogP contribution >= 0.6 is 34.5 Å². The van der Waals surface area contributed by atoms with Crippen LogP contribution in [0.3, 0.4) is 0 Å². The Bertz CT molecular complexity index is 667. The molecule has 1 heterocycles. The molecule has 1 aromatic carbocycles. The summed E-state index contributed by atoms with van der Waals surface area (Å²) in [4.78, 5) is 12.8. The fourth-order valence-electron chi connectivity index (χ4n) is 1.92. The minimum absolute atomic E-state index is 0.310. The van der Waals surface area contributed by atoms with Crippen molar-refractivity contribution >= 4 is 45.5 Å². The van der Waals surface area contributed by atoms with Gasteiger partial charge in [-0.3, -0.25) is 0 Å². The lowest BCUT2D eigenvalue weighted by Crippen LogP contribution is -2.07. The zero-order chi connectivity index (χ0) is 14.9. The van der Waals surface area contributed by atoms with E-state index in [4.69, 9.17) is 33.7 Å². The molecule has 0 fully saturated rings. The van der Waals surface area contributed by atoms with Crippen molar-refractivity contribution in [2.45, 2.75) is 13.8 Å². The third kappa shape index (κ3) is 2.77. The molecule has 0 aliphatic heterocycles. The molecule has 106 valence electrons. The first-order chi connectivity index (χ1) is 9.45. The lowest BCUT2D eigenvalue weighted by molar-refractivity contribution is 0.0527. The van der Waals surface area contributed by atoms with Crippen LogP contribution in [0, 0.1) is 6.92 Å². The van der Waals surface area contributed by atoms with Gasteiger partial charge in [-0.15, -0.1) is 11.3 Å². The maximum absolute atomic E-state index is 11.9. The van der Waals surface area contributed by atoms with Gasteiger partial charge >= 0.3 is 5.97 Å². The number of thiophene rings is 1. The monoisotopic (exact) mass is 329 g/mol. The predicted octanol–water partition coefficient (Wildman–Crippen LogP) is 4.79. The highest BCUT2D eigenvalue weighted by Crippen LogP contribution is 2.41. The second-order valence-electron chi connectivity index (χ2n) is 4.14. The van der Waals surface area contributed by atoms with Crippen molar-refractivity contribution in [1.82, 2.24) is 0 Å². The molecule has 1 aromatic heterocycles. The summed E-state index contributed by atoms with van der Waals surface area (Å²) in [5.74, 6) is -0.407. The molecule has 0 bridgehead atoms. The van der Waals surface area contributed by atoms with E-state index in [-0.39, 0.29) is 0 Å². The van der Waals surface area contributed by atoms with Crippen molar-refractivity contribution in [2.24, 2.45) is 0 Å². The first-order valence-corrected chi connectivity index (χ1v) is 7.54. The first-order valence-electron chi connectivity index (χ1n) is 5.97. The highest BCUT2D eigenvalue weighted by Gasteiger charge is 2.22. The van der Waals surface area contributed by atoms with Crippen LogP contribution in [-0.2, 0) is 4.74 Å². The van der Waals surface area contributed by atoms with Gasteiger partial charge in [0.1, 0.15) is 5.00 Å². The number of anilines is 1. The van der Waals surface area contributed by atoms with Crippen molar-refractivity contribution in [1.29, 1.82) is 0 Å². The Morgan fingerprint density at radius 3 is 2.70 bits per heavy atom. The molecule has 0 saturated carbocycles. The number of carbonyl (C=O) groups excluding carboxylic acids is 1. The number of rotatable bonds is 3. The molecule has 0 amide bonds. The minimum Gasteiger partial charge on any atom is -0.462 e. The Kier molecular flexibility index (Phi) is 4.58. The molecule has 0 saturated heterocycles. The van der Waals surface area contributed by atoms with Gasteiger partial charge in [0.05, 0.1) is 17.2 Å². The van der Waals surface area contributed by atoms with Crippen LogP contribution in [0.2, 0.25) is 10.0 Å². The summed E-state index contributed by atoms with van der Waals surface area (Å²) >= 11 is 13.4. The van der Waals surface area contributed by atoms with E-state index in [1.165, 1.54) is 11.3 Å². The molecule has 20 heavy (non-hydrogen) atoms. The van der Waals surface area contributed by atoms with Gasteiger partial charge in [0.25, 0.3) is 0 Å². The number of esters is 1. The van der Waals surface area contributed by atoms with Gasteiger partial charge in [0.15, 0.2) is 0 Å². The van der Waals surface area contributed by atoms with Gasteiger partial charge in [0, 0.05) is 15.5 Å². The number of carbonyl (C=O) groups is 1. The molecule has 2 aromatic rings. The maximum Gasteiger partial charge on any atom is 0.341 e. The molecular weight excluding hydrogens is 317 g/mol. The molecular formula is C14H13Cl2NO2S. The van der Waals surface area contributed by atoms with Crippen LogP contribution in [-0.4, -0.2) is 12.6 Å². The first kappa shape index (κ1) is 15.2. The summed E-state index contributed by atoms with van der Waals surface area (Å²) < 4.78 is 5.02. The van der Waals surface area contributed by atoms with E-state index in [1.54, 1.807) is 19.1 Å². The summed E-state index contributed by atoms with van der Waals surface area (Å²) in [5, 5.41) is 1.52. The molecule has 0 unspecified atom stereocenters. The van der Waals surface area contributed by atoms with Crippen LogP contribution in [0.4, 0.5) is 5.00 Å². The van der Waals surface area contributed by atoms with Crippen LogP contribution in [0.1, 0.15) is 22.8 Å². The lowest BCUT2D eigenvalue weighted by atomic mass is 10.1. The number of ether oxygens (including phenoxy) is 1. The summed E-state index contributed by atoms with van der Waals surface area (Å²) in [5.41, 5.74) is 7.93. The van der Waals surface area contributed by atoms with Crippen molar-refractivity contribution in [2.75, 3.05) is 12.3 Å². The summed E-state index contributed by atoms with van der Waals surface area (Å²) in [6, 6.07) is 5.23. The fraction of sp³-hybridized carbons (Fsp3) is 0.214. The highest BCUT2D eigenvalue weighted by atomic mass is 35.5. The van der Waals surface area contributed by atoms with Gasteiger partial charge in [0.2, 0.25) is 0 Å². The Labute approximate surface area is 131 Å². The quantitative estimate of drug-likeness (QED) is 0.823. The van der Waals surface area contributed by atoms with Gasteiger partial charge < -0.3 is 10.5 Å². The van der Waals surface area contributed by atoms with E-state index in [2.05, 4.69) is 0 Å².